The first-order valence-electron chi connectivity index (χ1n) is 38.6. The van der Waals surface area contributed by atoms with E-state index in [2.05, 4.69) is 306 Å². The predicted octanol–water partition coefficient (Wildman–Crippen LogP) is 27.4. The van der Waals surface area contributed by atoms with Gasteiger partial charge < -0.3 is 0 Å². The Bertz CT molecular complexity index is 5830. The molecule has 0 aromatic heterocycles. The molecule has 0 nitrogen and oxygen atoms in total. The Balaban J connectivity index is 0.000000132. The smallest absolute Gasteiger partial charge is 0.0272 e. The first kappa shape index (κ1) is 59.5. The van der Waals surface area contributed by atoms with Crippen molar-refractivity contribution in [1.82, 2.24) is 0 Å². The molecule has 25 rings (SSSR count). The highest BCUT2D eigenvalue weighted by molar-refractivity contribution is 6.23. The van der Waals surface area contributed by atoms with E-state index in [-0.39, 0.29) is 16.2 Å². The molecule has 8 fully saturated rings. The Labute approximate surface area is 600 Å². The Morgan fingerprint density at radius 1 is 0.225 bits per heavy atom. The fraction of sp³-hybridized carbons (Fsp3) is 0.235. The zero-order chi connectivity index (χ0) is 67.3. The fourth-order valence-electron chi connectivity index (χ4n) is 24.3. The Hall–Kier alpha value is -10.1. The Morgan fingerprint density at radius 3 is 0.941 bits per heavy atom. The van der Waals surface area contributed by atoms with Gasteiger partial charge in [0.05, 0.1) is 0 Å². The maximum Gasteiger partial charge on any atom is 0.0272 e. The van der Waals surface area contributed by atoms with Gasteiger partial charge in [0.1, 0.15) is 0 Å². The molecule has 0 heteroatoms. The summed E-state index contributed by atoms with van der Waals surface area (Å²) < 4.78 is 0. The minimum absolute atomic E-state index is 0.133. The van der Waals surface area contributed by atoms with Crippen LogP contribution in [0.1, 0.15) is 113 Å². The van der Waals surface area contributed by atoms with Crippen LogP contribution in [-0.2, 0) is 16.2 Å². The summed E-state index contributed by atoms with van der Waals surface area (Å²) in [4.78, 5) is 0. The average molecular weight is 1310 g/mol. The lowest BCUT2D eigenvalue weighted by atomic mass is 9.43. The SMILES string of the molecule is CC(C)(C)c1ccc(-c2c3ccccc3c(-c3ccc4c(c3)C3(c5ccccc5-4)C4CC5CC(C4)CC3C5)c3ccccc23)cc1.c1ccc2c(c1)-c1ccc(-c3c4ccccc4c(-c4ccc(-c5ccc6c(ccc7ccccc76)c5)cc4)c4ccccc34)cc1C21C2CC3CC(C2)CC1C3. The summed E-state index contributed by atoms with van der Waals surface area (Å²) in [5.74, 6) is 6.82. The van der Waals surface area contributed by atoms with Crippen molar-refractivity contribution < 1.29 is 0 Å². The van der Waals surface area contributed by atoms with Crippen molar-refractivity contribution in [3.8, 4) is 77.9 Å². The molecule has 0 radical (unpaired) electrons. The van der Waals surface area contributed by atoms with E-state index < -0.39 is 0 Å². The number of rotatable bonds is 5. The summed E-state index contributed by atoms with van der Waals surface area (Å²) in [6, 6.07) is 110. The summed E-state index contributed by atoms with van der Waals surface area (Å²) in [7, 11) is 0. The average Bonchev–Trinajstić information content (AvgIpc) is 1.52. The van der Waals surface area contributed by atoms with Crippen LogP contribution in [0.2, 0.25) is 0 Å². The number of hydrogen-bond acceptors (Lipinski definition) is 0. The molecular formula is C102H84. The zero-order valence-electron chi connectivity index (χ0n) is 58.8. The van der Waals surface area contributed by atoms with Gasteiger partial charge in [-0.2, -0.15) is 0 Å². The van der Waals surface area contributed by atoms with Crippen molar-refractivity contribution >= 4 is 64.6 Å². The van der Waals surface area contributed by atoms with Gasteiger partial charge in [0.15, 0.2) is 0 Å². The molecule has 0 unspecified atom stereocenters. The number of fused-ring (bicyclic) bond motifs is 13. The van der Waals surface area contributed by atoms with Crippen LogP contribution >= 0.6 is 0 Å². The van der Waals surface area contributed by atoms with E-state index in [0.717, 1.165) is 47.3 Å². The first-order chi connectivity index (χ1) is 50.1. The molecule has 10 aliphatic carbocycles. The topological polar surface area (TPSA) is 0 Å². The summed E-state index contributed by atoms with van der Waals surface area (Å²) in [6.45, 7) is 6.89. The molecule has 0 N–H and O–H groups in total. The van der Waals surface area contributed by atoms with Crippen LogP contribution in [0.15, 0.2) is 285 Å². The minimum atomic E-state index is 0.133. The molecule has 102 heavy (non-hydrogen) atoms. The van der Waals surface area contributed by atoms with E-state index in [9.17, 15) is 0 Å². The third-order valence-corrected chi connectivity index (χ3v) is 27.8. The summed E-state index contributed by atoms with van der Waals surface area (Å²) in [5, 5.41) is 15.9. The van der Waals surface area contributed by atoms with E-state index in [1.807, 2.05) is 0 Å². The molecule has 0 amide bonds. The van der Waals surface area contributed by atoms with Crippen LogP contribution in [-0.4, -0.2) is 0 Å². The second-order valence-electron chi connectivity index (χ2n) is 33.8. The fourth-order valence-corrected chi connectivity index (χ4v) is 24.3. The first-order valence-corrected chi connectivity index (χ1v) is 38.6. The van der Waals surface area contributed by atoms with Gasteiger partial charge in [-0.1, -0.05) is 288 Å². The van der Waals surface area contributed by atoms with E-state index >= 15 is 0 Å². The zero-order valence-corrected chi connectivity index (χ0v) is 58.8. The van der Waals surface area contributed by atoms with Crippen molar-refractivity contribution in [1.29, 1.82) is 0 Å². The van der Waals surface area contributed by atoms with Gasteiger partial charge in [-0.15, -0.1) is 0 Å². The molecule has 15 aromatic carbocycles. The van der Waals surface area contributed by atoms with Crippen LogP contribution in [0, 0.1) is 47.3 Å². The summed E-state index contributed by atoms with van der Waals surface area (Å²) in [5.41, 5.74) is 27.6. The molecule has 0 saturated heterocycles. The van der Waals surface area contributed by atoms with Crippen molar-refractivity contribution in [2.45, 2.75) is 101 Å². The monoisotopic (exact) mass is 1310 g/mol. The maximum absolute atomic E-state index is 2.67. The third-order valence-electron chi connectivity index (χ3n) is 27.8. The Morgan fingerprint density at radius 2 is 0.529 bits per heavy atom. The van der Waals surface area contributed by atoms with E-state index in [1.165, 1.54) is 212 Å². The molecule has 10 aliphatic rings. The van der Waals surface area contributed by atoms with Crippen molar-refractivity contribution in [3.05, 3.63) is 313 Å². The maximum atomic E-state index is 2.67. The van der Waals surface area contributed by atoms with Gasteiger partial charge in [0.2, 0.25) is 0 Å². The summed E-state index contributed by atoms with van der Waals surface area (Å²) >= 11 is 0. The normalized spacial score (nSPS) is 24.3. The quantitative estimate of drug-likeness (QED) is 0.119. The number of benzene rings is 15. The highest BCUT2D eigenvalue weighted by atomic mass is 14.7. The van der Waals surface area contributed by atoms with Crippen LogP contribution < -0.4 is 0 Å². The lowest BCUT2D eigenvalue weighted by molar-refractivity contribution is -0.0399. The summed E-state index contributed by atoms with van der Waals surface area (Å²) in [6.07, 6.45) is 14.3. The van der Waals surface area contributed by atoms with E-state index in [0.29, 0.717) is 0 Å². The van der Waals surface area contributed by atoms with Crippen molar-refractivity contribution in [2.75, 3.05) is 0 Å². The molecule has 0 heterocycles. The molecule has 15 aromatic rings. The molecule has 2 spiro atoms. The van der Waals surface area contributed by atoms with Crippen molar-refractivity contribution in [3.63, 3.8) is 0 Å². The van der Waals surface area contributed by atoms with Crippen molar-refractivity contribution in [2.24, 2.45) is 47.3 Å². The van der Waals surface area contributed by atoms with Gasteiger partial charge in [0.25, 0.3) is 0 Å². The largest absolute Gasteiger partial charge is 0.0619 e. The van der Waals surface area contributed by atoms with Gasteiger partial charge in [-0.3, -0.25) is 0 Å². The molecule has 8 saturated carbocycles. The number of hydrogen-bond donors (Lipinski definition) is 0. The van der Waals surface area contributed by atoms with E-state index in [1.54, 1.807) is 22.3 Å². The third kappa shape index (κ3) is 8.50. The van der Waals surface area contributed by atoms with Gasteiger partial charge in [-0.05, 0) is 306 Å². The van der Waals surface area contributed by atoms with Crippen LogP contribution in [0.5, 0.6) is 0 Å². The molecule has 0 aliphatic heterocycles. The van der Waals surface area contributed by atoms with Crippen LogP contribution in [0.4, 0.5) is 0 Å². The highest BCUT2D eigenvalue weighted by Crippen LogP contribution is 2.72. The predicted molar refractivity (Wildman–Crippen MR) is 430 cm³/mol. The molecule has 492 valence electrons. The van der Waals surface area contributed by atoms with Gasteiger partial charge in [0, 0.05) is 10.8 Å². The van der Waals surface area contributed by atoms with Crippen LogP contribution in [0.3, 0.4) is 0 Å². The second kappa shape index (κ2) is 22.2. The molecular weight excluding hydrogens is 1230 g/mol. The molecule has 8 bridgehead atoms. The van der Waals surface area contributed by atoms with E-state index in [4.69, 9.17) is 0 Å². The lowest BCUT2D eigenvalue weighted by Gasteiger charge is -2.61. The minimum Gasteiger partial charge on any atom is -0.0619 e. The second-order valence-corrected chi connectivity index (χ2v) is 33.8. The highest BCUT2D eigenvalue weighted by Gasteiger charge is 2.63. The lowest BCUT2D eigenvalue weighted by Crippen LogP contribution is -2.55. The van der Waals surface area contributed by atoms with Gasteiger partial charge in [-0.25, -0.2) is 0 Å². The Kier molecular flexibility index (Phi) is 12.9. The standard InChI is InChI=1S/C56H42.C46H42/c1-2-10-44-37(9-1)19-22-40-32-39(23-25-45(40)44)36-17-20-38(21-18-36)54-48-12-3-5-14-50(48)55(51-15-6-4-13-49(51)54)41-24-26-47-46-11-7-8-16-52(46)56(53(47)33-41)42-28-34-27-35(30-42)31-43(56)29-34;1-45(2,3)32-19-16-30(17-20-32)43-37-11-4-6-13-39(37)44(40-14-7-5-12-38(40)43)31-18-21-36-35-10-8-9-15-41(35)46(42(36)27-31)33-23-28-22-29(25-33)26-34(46)24-28/h1-26,32-35,42-43H,27-31H2;4-21,27-29,33-34H,22-26H2,1-3H3. The molecule has 0 atom stereocenters. The van der Waals surface area contributed by atoms with Gasteiger partial charge >= 0.3 is 0 Å². The van der Waals surface area contributed by atoms with Crippen LogP contribution in [0.25, 0.3) is 143 Å².